The molecule has 0 saturated carbocycles. The topological polar surface area (TPSA) is 149 Å². The number of aliphatic hydroxyl groups is 1. The number of nitrogens with two attached hydrogens (primary N) is 1. The number of benzene rings is 1. The molecule has 8 nitrogen and oxygen atoms in total. The standard InChI is InChI=1S/C13H12N2O4.C2H7NO/c16-11-9(7-6-8-4-2-1-3-5-8)10(12(17)18)14-13(19)15-11;3-1-2-4/h1-5H,6-7H2,(H,17,18)(H2,14,15,16,19);4H,1-3H2. The van der Waals surface area contributed by atoms with Crippen molar-refractivity contribution >= 4 is 5.97 Å². The third-order valence-corrected chi connectivity index (χ3v) is 2.89. The number of aryl methyl sites for hydroxylation is 1. The molecule has 0 amide bonds. The lowest BCUT2D eigenvalue weighted by molar-refractivity contribution is 0.0688. The van der Waals surface area contributed by atoms with Crippen LogP contribution in [0.4, 0.5) is 0 Å². The van der Waals surface area contributed by atoms with Gasteiger partial charge in [-0.3, -0.25) is 9.78 Å². The van der Waals surface area contributed by atoms with E-state index in [-0.39, 0.29) is 24.3 Å². The van der Waals surface area contributed by atoms with Gasteiger partial charge < -0.3 is 20.9 Å². The molecule has 0 aliphatic heterocycles. The highest BCUT2D eigenvalue weighted by atomic mass is 16.4. The average Bonchev–Trinajstić information content (AvgIpc) is 2.54. The Morgan fingerprint density at radius 2 is 1.70 bits per heavy atom. The van der Waals surface area contributed by atoms with Crippen LogP contribution >= 0.6 is 0 Å². The molecule has 8 heteroatoms. The minimum Gasteiger partial charge on any atom is -0.477 e. The summed E-state index contributed by atoms with van der Waals surface area (Å²) < 4.78 is 0. The van der Waals surface area contributed by atoms with E-state index in [2.05, 4.69) is 4.98 Å². The summed E-state index contributed by atoms with van der Waals surface area (Å²) >= 11 is 0. The van der Waals surface area contributed by atoms with Crippen LogP contribution < -0.4 is 17.0 Å². The fourth-order valence-corrected chi connectivity index (χ4v) is 1.85. The Morgan fingerprint density at radius 3 is 2.22 bits per heavy atom. The summed E-state index contributed by atoms with van der Waals surface area (Å²) in [6.45, 7) is 0.472. The van der Waals surface area contributed by atoms with Crippen LogP contribution in [0.25, 0.3) is 0 Å². The summed E-state index contributed by atoms with van der Waals surface area (Å²) in [5, 5.41) is 16.7. The predicted octanol–water partition coefficient (Wildman–Crippen LogP) is -0.516. The lowest BCUT2D eigenvalue weighted by Gasteiger charge is -2.04. The van der Waals surface area contributed by atoms with Crippen molar-refractivity contribution in [2.75, 3.05) is 13.2 Å². The van der Waals surface area contributed by atoms with E-state index in [1.54, 1.807) is 0 Å². The summed E-state index contributed by atoms with van der Waals surface area (Å²) in [5.74, 6) is -1.31. The zero-order valence-corrected chi connectivity index (χ0v) is 12.4. The molecule has 1 aromatic heterocycles. The number of nitrogens with one attached hydrogen (secondary N) is 2. The number of hydrogen-bond acceptors (Lipinski definition) is 5. The van der Waals surface area contributed by atoms with Gasteiger partial charge in [-0.1, -0.05) is 30.3 Å². The SMILES string of the molecule is NCCO.O=C(O)c1[nH]c(=O)[nH]c(=O)c1CCc1ccccc1. The fraction of sp³-hybridized carbons (Fsp3) is 0.267. The normalized spacial score (nSPS) is 9.83. The van der Waals surface area contributed by atoms with Gasteiger partial charge in [-0.25, -0.2) is 9.59 Å². The van der Waals surface area contributed by atoms with Crippen LogP contribution in [-0.2, 0) is 12.8 Å². The smallest absolute Gasteiger partial charge is 0.352 e. The van der Waals surface area contributed by atoms with Crippen molar-refractivity contribution in [3.05, 3.63) is 68.0 Å². The Kier molecular flexibility index (Phi) is 7.44. The largest absolute Gasteiger partial charge is 0.477 e. The highest BCUT2D eigenvalue weighted by Crippen LogP contribution is 2.06. The van der Waals surface area contributed by atoms with Crippen molar-refractivity contribution in [3.63, 3.8) is 0 Å². The summed E-state index contributed by atoms with van der Waals surface area (Å²) in [4.78, 5) is 37.9. The molecule has 0 fully saturated rings. The number of H-pyrrole nitrogens is 2. The van der Waals surface area contributed by atoms with Gasteiger partial charge in [0.25, 0.3) is 5.56 Å². The molecule has 0 spiro atoms. The van der Waals surface area contributed by atoms with Crippen LogP contribution in [0, 0.1) is 0 Å². The first-order valence-electron chi connectivity index (χ1n) is 6.93. The second kappa shape index (κ2) is 9.34. The molecule has 0 aliphatic carbocycles. The molecule has 0 bridgehead atoms. The third kappa shape index (κ3) is 5.89. The minimum atomic E-state index is -1.31. The van der Waals surface area contributed by atoms with Crippen LogP contribution in [0.1, 0.15) is 21.6 Å². The van der Waals surface area contributed by atoms with Crippen molar-refractivity contribution in [1.29, 1.82) is 0 Å². The van der Waals surface area contributed by atoms with Crippen LogP contribution in [-0.4, -0.2) is 39.3 Å². The van der Waals surface area contributed by atoms with Gasteiger partial charge in [0, 0.05) is 12.1 Å². The number of aromatic amines is 2. The number of carboxylic acids is 1. The van der Waals surface area contributed by atoms with Gasteiger partial charge in [0.1, 0.15) is 5.69 Å². The van der Waals surface area contributed by atoms with Gasteiger partial charge in [-0.2, -0.15) is 0 Å². The van der Waals surface area contributed by atoms with Gasteiger partial charge >= 0.3 is 11.7 Å². The molecule has 23 heavy (non-hydrogen) atoms. The lowest BCUT2D eigenvalue weighted by Crippen LogP contribution is -2.30. The Morgan fingerprint density at radius 1 is 1.09 bits per heavy atom. The predicted molar refractivity (Wildman–Crippen MR) is 84.6 cm³/mol. The van der Waals surface area contributed by atoms with Crippen molar-refractivity contribution in [2.45, 2.75) is 12.8 Å². The number of hydrogen-bond donors (Lipinski definition) is 5. The summed E-state index contributed by atoms with van der Waals surface area (Å²) in [6, 6.07) is 9.38. The average molecular weight is 321 g/mol. The summed E-state index contributed by atoms with van der Waals surface area (Å²) in [7, 11) is 0. The first kappa shape index (κ1) is 18.3. The zero-order chi connectivity index (χ0) is 17.2. The molecule has 6 N–H and O–H groups in total. The van der Waals surface area contributed by atoms with Gasteiger partial charge in [0.15, 0.2) is 0 Å². The highest BCUT2D eigenvalue weighted by Gasteiger charge is 2.15. The van der Waals surface area contributed by atoms with E-state index in [4.69, 9.17) is 15.9 Å². The van der Waals surface area contributed by atoms with Crippen molar-refractivity contribution in [3.8, 4) is 0 Å². The van der Waals surface area contributed by atoms with E-state index in [0.29, 0.717) is 13.0 Å². The lowest BCUT2D eigenvalue weighted by atomic mass is 10.0. The minimum absolute atomic E-state index is 0.0796. The molecule has 0 atom stereocenters. The first-order chi connectivity index (χ1) is 11.0. The molecule has 2 rings (SSSR count). The van der Waals surface area contributed by atoms with E-state index in [9.17, 15) is 14.4 Å². The molecule has 0 unspecified atom stereocenters. The van der Waals surface area contributed by atoms with Crippen LogP contribution in [0.2, 0.25) is 0 Å². The van der Waals surface area contributed by atoms with Gasteiger partial charge in [-0.05, 0) is 18.4 Å². The maximum absolute atomic E-state index is 11.6. The van der Waals surface area contributed by atoms with E-state index >= 15 is 0 Å². The fourth-order valence-electron chi connectivity index (χ4n) is 1.85. The zero-order valence-electron chi connectivity index (χ0n) is 12.4. The number of carboxylic acid groups (broad SMARTS) is 1. The number of aromatic carboxylic acids is 1. The highest BCUT2D eigenvalue weighted by molar-refractivity contribution is 5.86. The Hall–Kier alpha value is -2.71. The molecule has 2 aromatic rings. The second-order valence-corrected chi connectivity index (χ2v) is 4.56. The van der Waals surface area contributed by atoms with Crippen LogP contribution in [0.15, 0.2) is 39.9 Å². The van der Waals surface area contributed by atoms with Crippen molar-refractivity contribution in [1.82, 2.24) is 9.97 Å². The molecule has 0 aliphatic rings. The maximum atomic E-state index is 11.6. The number of aliphatic hydroxyl groups excluding tert-OH is 1. The molecule has 0 saturated heterocycles. The molecule has 0 radical (unpaired) electrons. The number of aromatic nitrogens is 2. The summed E-state index contributed by atoms with van der Waals surface area (Å²) in [5.41, 5.74) is 4.04. The first-order valence-corrected chi connectivity index (χ1v) is 6.93. The van der Waals surface area contributed by atoms with Gasteiger partial charge in [0.05, 0.1) is 6.61 Å². The Bertz CT molecular complexity index is 735. The Labute approximate surface area is 131 Å². The van der Waals surface area contributed by atoms with Crippen LogP contribution in [0.5, 0.6) is 0 Å². The van der Waals surface area contributed by atoms with Crippen molar-refractivity contribution < 1.29 is 15.0 Å². The number of rotatable bonds is 5. The maximum Gasteiger partial charge on any atom is 0.352 e. The third-order valence-electron chi connectivity index (χ3n) is 2.89. The second-order valence-electron chi connectivity index (χ2n) is 4.56. The molecular weight excluding hydrogens is 302 g/mol. The van der Waals surface area contributed by atoms with Gasteiger partial charge in [0.2, 0.25) is 0 Å². The van der Waals surface area contributed by atoms with E-state index in [1.807, 2.05) is 35.3 Å². The molecule has 1 heterocycles. The van der Waals surface area contributed by atoms with E-state index in [1.165, 1.54) is 0 Å². The van der Waals surface area contributed by atoms with Crippen molar-refractivity contribution in [2.24, 2.45) is 5.73 Å². The van der Waals surface area contributed by atoms with E-state index in [0.717, 1.165) is 5.56 Å². The molecule has 124 valence electrons. The van der Waals surface area contributed by atoms with Gasteiger partial charge in [-0.15, -0.1) is 0 Å². The van der Waals surface area contributed by atoms with Crippen LogP contribution in [0.3, 0.4) is 0 Å². The number of carbonyl (C=O) groups is 1. The Balaban J connectivity index is 0.000000593. The monoisotopic (exact) mass is 321 g/mol. The quantitative estimate of drug-likeness (QED) is 0.500. The molecule has 1 aromatic carbocycles. The van der Waals surface area contributed by atoms with E-state index < -0.39 is 17.2 Å². The summed E-state index contributed by atoms with van der Waals surface area (Å²) in [6.07, 6.45) is 0.772. The molecular formula is C15H19N3O5.